The summed E-state index contributed by atoms with van der Waals surface area (Å²) in [5.41, 5.74) is 3.29. The molecule has 2 fully saturated rings. The summed E-state index contributed by atoms with van der Waals surface area (Å²) in [6.07, 6.45) is 8.99. The molecule has 3 N–H and O–H groups in total. The van der Waals surface area contributed by atoms with Crippen LogP contribution in [0.2, 0.25) is 0 Å². The van der Waals surface area contributed by atoms with Crippen LogP contribution in [0.4, 0.5) is 4.39 Å². The molecule has 0 unspecified atom stereocenters. The number of aromatic hydroxyl groups is 1. The number of carbonyl (C=O) groups is 2. The molecule has 1 saturated carbocycles. The molecule has 2 amide bonds. The zero-order chi connectivity index (χ0) is 26.7. The number of halogens is 1. The highest BCUT2D eigenvalue weighted by molar-refractivity contribution is 6.06. The Hall–Kier alpha value is -2.51. The summed E-state index contributed by atoms with van der Waals surface area (Å²) in [6.45, 7) is 3.67. The second kappa shape index (κ2) is 11.9. The largest absolute Gasteiger partial charge is 0.505 e. The highest BCUT2D eigenvalue weighted by Gasteiger charge is 2.55. The van der Waals surface area contributed by atoms with Gasteiger partial charge in [0.2, 0.25) is 11.8 Å². The summed E-state index contributed by atoms with van der Waals surface area (Å²) < 4.78 is 13.8. The van der Waals surface area contributed by atoms with Gasteiger partial charge in [0.05, 0.1) is 24.5 Å². The zero-order valence-corrected chi connectivity index (χ0v) is 22.0. The highest BCUT2D eigenvalue weighted by atomic mass is 19.1. The number of imide groups is 1. The highest BCUT2D eigenvalue weighted by Crippen LogP contribution is 2.47. The van der Waals surface area contributed by atoms with Crippen molar-refractivity contribution in [2.45, 2.75) is 90.2 Å². The summed E-state index contributed by atoms with van der Waals surface area (Å²) in [4.78, 5) is 28.4. The first-order valence-electron chi connectivity index (χ1n) is 13.8. The van der Waals surface area contributed by atoms with Crippen LogP contribution in [0.25, 0.3) is 6.08 Å². The molecule has 4 atom stereocenters. The molecule has 6 nitrogen and oxygen atoms in total. The van der Waals surface area contributed by atoms with Crippen LogP contribution >= 0.6 is 0 Å². The molecule has 0 aromatic heterocycles. The number of aliphatic hydroxyl groups is 2. The first kappa shape index (κ1) is 27.5. The number of carbonyl (C=O) groups excluding carboxylic acids is 2. The number of phenols is 1. The molecule has 1 aliphatic heterocycles. The molecule has 1 aromatic carbocycles. The van der Waals surface area contributed by atoms with Gasteiger partial charge >= 0.3 is 0 Å². The molecule has 7 heteroatoms. The summed E-state index contributed by atoms with van der Waals surface area (Å²) in [6, 6.07) is 4.23. The fourth-order valence-corrected chi connectivity index (χ4v) is 6.76. The number of aliphatic hydroxyl groups excluding tert-OH is 2. The number of rotatable bonds is 9. The molecular weight excluding hydrogens is 473 g/mol. The van der Waals surface area contributed by atoms with E-state index in [-0.39, 0.29) is 30.2 Å². The monoisotopic (exact) mass is 513 g/mol. The Balaban J connectivity index is 1.51. The first-order chi connectivity index (χ1) is 17.8. The summed E-state index contributed by atoms with van der Waals surface area (Å²) in [7, 11) is 0. The predicted octanol–water partition coefficient (Wildman–Crippen LogP) is 5.12. The zero-order valence-electron chi connectivity index (χ0n) is 22.0. The van der Waals surface area contributed by atoms with E-state index in [2.05, 4.69) is 6.92 Å². The second-order valence-corrected chi connectivity index (χ2v) is 11.0. The molecule has 0 radical (unpaired) electrons. The van der Waals surface area contributed by atoms with Gasteiger partial charge in [0.1, 0.15) is 0 Å². The molecule has 1 saturated heterocycles. The lowest BCUT2D eigenvalue weighted by Crippen LogP contribution is -2.42. The van der Waals surface area contributed by atoms with Crippen molar-refractivity contribution in [3.8, 4) is 5.75 Å². The number of amides is 2. The minimum absolute atomic E-state index is 0.0427. The molecule has 3 aliphatic rings. The van der Waals surface area contributed by atoms with Gasteiger partial charge in [0.15, 0.2) is 11.6 Å². The standard InChI is InChI=1S/C30H40FNO5/c1-3-7-19(15-20-11-12-25(34)24(31)16-20)10-13-26(35)27-18(2)14-22-28(23(27)17-33)30(37)32(29(22)36)21-8-5-4-6-9-21/h11-12,15-16,21-23,26,28,33-35H,3-10,13-14,17H2,1-2H3/b19-15+/t22-,23+,26-,28-/m1/s1. The van der Waals surface area contributed by atoms with Crippen LogP contribution in [0.1, 0.15) is 83.6 Å². The van der Waals surface area contributed by atoms with Crippen molar-refractivity contribution in [1.82, 2.24) is 4.90 Å². The fraction of sp³-hybridized carbons (Fsp3) is 0.600. The molecule has 4 rings (SSSR count). The molecule has 1 heterocycles. The van der Waals surface area contributed by atoms with E-state index in [1.807, 2.05) is 13.0 Å². The second-order valence-electron chi connectivity index (χ2n) is 11.0. The van der Waals surface area contributed by atoms with Crippen molar-refractivity contribution in [2.24, 2.45) is 17.8 Å². The Bertz CT molecular complexity index is 1070. The molecule has 2 aliphatic carbocycles. The topological polar surface area (TPSA) is 98.1 Å². The molecular formula is C30H40FNO5. The van der Waals surface area contributed by atoms with E-state index < -0.39 is 29.7 Å². The third-order valence-electron chi connectivity index (χ3n) is 8.51. The van der Waals surface area contributed by atoms with Crippen molar-refractivity contribution in [3.63, 3.8) is 0 Å². The van der Waals surface area contributed by atoms with E-state index in [1.54, 1.807) is 6.07 Å². The van der Waals surface area contributed by atoms with Crippen molar-refractivity contribution >= 4 is 17.9 Å². The first-order valence-corrected chi connectivity index (χ1v) is 13.8. The number of allylic oxidation sites excluding steroid dienone is 2. The van der Waals surface area contributed by atoms with Crippen LogP contribution in [0.3, 0.4) is 0 Å². The minimum atomic E-state index is -0.846. The maximum Gasteiger partial charge on any atom is 0.234 e. The molecule has 0 spiro atoms. The Labute approximate surface area is 218 Å². The molecule has 37 heavy (non-hydrogen) atoms. The SMILES string of the molecule is CCC/C(=C\c1ccc(O)c(F)c1)CC[C@@H](O)C1=C(C)C[C@H]2C(=O)N(C3CCCCC3)C(=O)[C@H]2[C@H]1CO. The lowest BCUT2D eigenvalue weighted by molar-refractivity contribution is -0.143. The van der Waals surface area contributed by atoms with Gasteiger partial charge < -0.3 is 15.3 Å². The van der Waals surface area contributed by atoms with Crippen LogP contribution < -0.4 is 0 Å². The molecule has 0 bridgehead atoms. The van der Waals surface area contributed by atoms with E-state index in [1.165, 1.54) is 17.0 Å². The van der Waals surface area contributed by atoms with Crippen LogP contribution in [-0.4, -0.2) is 50.8 Å². The quantitative estimate of drug-likeness (QED) is 0.315. The van der Waals surface area contributed by atoms with Crippen LogP contribution in [0.5, 0.6) is 5.75 Å². The van der Waals surface area contributed by atoms with Crippen LogP contribution in [0.15, 0.2) is 34.9 Å². The average Bonchev–Trinajstić information content (AvgIpc) is 3.13. The van der Waals surface area contributed by atoms with E-state index in [9.17, 15) is 29.3 Å². The molecule has 202 valence electrons. The van der Waals surface area contributed by atoms with Gasteiger partial charge in [-0.25, -0.2) is 4.39 Å². The number of phenolic OH excluding ortho intramolecular Hbond substituents is 1. The van der Waals surface area contributed by atoms with Gasteiger partial charge in [0.25, 0.3) is 0 Å². The lowest BCUT2D eigenvalue weighted by atomic mass is 9.68. The van der Waals surface area contributed by atoms with Gasteiger partial charge in [0, 0.05) is 12.0 Å². The normalized spacial score (nSPS) is 26.1. The number of fused-ring (bicyclic) bond motifs is 1. The summed E-state index contributed by atoms with van der Waals surface area (Å²) >= 11 is 0. The number of likely N-dealkylation sites (tertiary alicyclic amines) is 1. The van der Waals surface area contributed by atoms with E-state index in [0.717, 1.165) is 56.1 Å². The number of nitrogens with zero attached hydrogens (tertiary/aromatic N) is 1. The van der Waals surface area contributed by atoms with E-state index in [4.69, 9.17) is 0 Å². The average molecular weight is 514 g/mol. The van der Waals surface area contributed by atoms with Gasteiger partial charge in [-0.1, -0.05) is 55.9 Å². The Kier molecular flexibility index (Phi) is 8.86. The molecule has 1 aromatic rings. The van der Waals surface area contributed by atoms with Crippen LogP contribution in [-0.2, 0) is 9.59 Å². The van der Waals surface area contributed by atoms with Gasteiger partial charge in [-0.05, 0) is 68.7 Å². The Morgan fingerprint density at radius 2 is 1.89 bits per heavy atom. The number of hydrogen-bond acceptors (Lipinski definition) is 5. The Morgan fingerprint density at radius 3 is 2.54 bits per heavy atom. The van der Waals surface area contributed by atoms with Crippen LogP contribution in [0, 0.1) is 23.6 Å². The maximum atomic E-state index is 13.8. The predicted molar refractivity (Wildman–Crippen MR) is 140 cm³/mol. The van der Waals surface area contributed by atoms with Gasteiger partial charge in [-0.15, -0.1) is 0 Å². The van der Waals surface area contributed by atoms with E-state index >= 15 is 0 Å². The fourth-order valence-electron chi connectivity index (χ4n) is 6.76. The number of hydrogen-bond donors (Lipinski definition) is 3. The minimum Gasteiger partial charge on any atom is -0.505 e. The third kappa shape index (κ3) is 5.68. The van der Waals surface area contributed by atoms with Crippen molar-refractivity contribution in [1.29, 1.82) is 0 Å². The smallest absolute Gasteiger partial charge is 0.234 e. The van der Waals surface area contributed by atoms with E-state index in [0.29, 0.717) is 30.4 Å². The van der Waals surface area contributed by atoms with Crippen molar-refractivity contribution < 1.29 is 29.3 Å². The summed E-state index contributed by atoms with van der Waals surface area (Å²) in [5.74, 6) is -2.99. The third-order valence-corrected chi connectivity index (χ3v) is 8.51. The maximum absolute atomic E-state index is 13.8. The Morgan fingerprint density at radius 1 is 1.16 bits per heavy atom. The van der Waals surface area contributed by atoms with Gasteiger partial charge in [-0.3, -0.25) is 14.5 Å². The number of benzene rings is 1. The summed E-state index contributed by atoms with van der Waals surface area (Å²) in [5, 5.41) is 31.1. The van der Waals surface area contributed by atoms with Crippen molar-refractivity contribution in [3.05, 3.63) is 46.3 Å². The van der Waals surface area contributed by atoms with Crippen molar-refractivity contribution in [2.75, 3.05) is 6.61 Å². The lowest BCUT2D eigenvalue weighted by Gasteiger charge is -2.35. The van der Waals surface area contributed by atoms with Gasteiger partial charge in [-0.2, -0.15) is 0 Å².